The maximum Gasteiger partial charge on any atom is 0.260 e. The number of rotatable bonds is 3. The Morgan fingerprint density at radius 2 is 2.06 bits per heavy atom. The van der Waals surface area contributed by atoms with Crippen LogP contribution < -0.4 is 0 Å². The lowest BCUT2D eigenvalue weighted by Gasteiger charge is -2.05. The second-order valence-corrected chi connectivity index (χ2v) is 4.42. The van der Waals surface area contributed by atoms with E-state index in [-0.39, 0.29) is 11.8 Å². The summed E-state index contributed by atoms with van der Waals surface area (Å²) in [5.74, 6) is 0.909. The van der Waals surface area contributed by atoms with Gasteiger partial charge in [-0.15, -0.1) is 0 Å². The average molecular weight is 250 g/mol. The fourth-order valence-corrected chi connectivity index (χ4v) is 1.86. The lowest BCUT2D eigenvalue weighted by atomic mass is 10.0. The summed E-state index contributed by atoms with van der Waals surface area (Å²) >= 11 is 6.12. The Hall–Kier alpha value is -1.61. The van der Waals surface area contributed by atoms with E-state index in [1.165, 1.54) is 0 Å². The van der Waals surface area contributed by atoms with Gasteiger partial charge >= 0.3 is 0 Å². The molecular formula is C13H12ClNO2. The topological polar surface area (TPSA) is 43.1 Å². The first kappa shape index (κ1) is 11.9. The van der Waals surface area contributed by atoms with Crippen LogP contribution in [0.1, 0.15) is 36.2 Å². The first-order chi connectivity index (χ1) is 8.13. The van der Waals surface area contributed by atoms with Crippen LogP contribution in [0.2, 0.25) is 5.02 Å². The van der Waals surface area contributed by atoms with Crippen molar-refractivity contribution in [3.05, 3.63) is 40.9 Å². The maximum atomic E-state index is 10.7. The van der Waals surface area contributed by atoms with Crippen molar-refractivity contribution < 1.29 is 9.21 Å². The predicted molar refractivity (Wildman–Crippen MR) is 66.4 cm³/mol. The predicted octanol–water partition coefficient (Wildman–Crippen LogP) is 3.93. The van der Waals surface area contributed by atoms with E-state index in [1.54, 1.807) is 6.07 Å². The van der Waals surface area contributed by atoms with Crippen LogP contribution in [0.4, 0.5) is 0 Å². The first-order valence-corrected chi connectivity index (χ1v) is 5.72. The summed E-state index contributed by atoms with van der Waals surface area (Å²) in [6, 6.07) is 7.37. The second kappa shape index (κ2) is 4.72. The number of benzene rings is 1. The minimum absolute atomic E-state index is 0.0867. The van der Waals surface area contributed by atoms with Crippen molar-refractivity contribution in [3.63, 3.8) is 0 Å². The Kier molecular flexibility index (Phi) is 3.29. The van der Waals surface area contributed by atoms with Gasteiger partial charge in [0.25, 0.3) is 5.89 Å². The Morgan fingerprint density at radius 1 is 1.35 bits per heavy atom. The van der Waals surface area contributed by atoms with Gasteiger partial charge in [-0.3, -0.25) is 4.79 Å². The van der Waals surface area contributed by atoms with Gasteiger partial charge in [-0.25, -0.2) is 4.98 Å². The zero-order valence-corrected chi connectivity index (χ0v) is 10.4. The summed E-state index contributed by atoms with van der Waals surface area (Å²) in [6.45, 7) is 3.96. The van der Waals surface area contributed by atoms with Crippen molar-refractivity contribution in [1.82, 2.24) is 4.98 Å². The number of aromatic nitrogens is 1. The molecule has 0 spiro atoms. The van der Waals surface area contributed by atoms with Crippen LogP contribution >= 0.6 is 11.6 Å². The zero-order valence-electron chi connectivity index (χ0n) is 9.61. The van der Waals surface area contributed by atoms with Crippen molar-refractivity contribution in [1.29, 1.82) is 0 Å². The molecule has 3 nitrogen and oxygen atoms in total. The van der Waals surface area contributed by atoms with Crippen LogP contribution in [-0.4, -0.2) is 11.3 Å². The third-order valence-corrected chi connectivity index (χ3v) is 2.75. The van der Waals surface area contributed by atoms with Crippen LogP contribution in [0.5, 0.6) is 0 Å². The van der Waals surface area contributed by atoms with Crippen LogP contribution in [-0.2, 0) is 0 Å². The van der Waals surface area contributed by atoms with E-state index in [0.29, 0.717) is 22.8 Å². The second-order valence-electron chi connectivity index (χ2n) is 4.02. The molecule has 1 aromatic heterocycles. The van der Waals surface area contributed by atoms with E-state index in [1.807, 2.05) is 32.0 Å². The minimum Gasteiger partial charge on any atom is -0.438 e. The monoisotopic (exact) mass is 249 g/mol. The quantitative estimate of drug-likeness (QED) is 0.774. The Bertz CT molecular complexity index is 546. The largest absolute Gasteiger partial charge is 0.438 e. The van der Waals surface area contributed by atoms with Crippen LogP contribution in [0, 0.1) is 0 Å². The summed E-state index contributed by atoms with van der Waals surface area (Å²) in [4.78, 5) is 14.9. The molecule has 2 rings (SSSR count). The molecule has 0 saturated heterocycles. The summed E-state index contributed by atoms with van der Waals surface area (Å²) in [6.07, 6.45) is 0.603. The number of carbonyl (C=O) groups excluding carboxylic acids is 1. The van der Waals surface area contributed by atoms with Crippen molar-refractivity contribution in [2.24, 2.45) is 0 Å². The molecule has 88 valence electrons. The molecule has 0 unspecified atom stereocenters. The van der Waals surface area contributed by atoms with Gasteiger partial charge in [-0.2, -0.15) is 0 Å². The van der Waals surface area contributed by atoms with Crippen LogP contribution in [0.3, 0.4) is 0 Å². The van der Waals surface area contributed by atoms with Gasteiger partial charge in [0, 0.05) is 11.5 Å². The van der Waals surface area contributed by atoms with Gasteiger partial charge in [0.1, 0.15) is 11.5 Å². The third kappa shape index (κ3) is 2.24. The minimum atomic E-state index is 0.0867. The summed E-state index contributed by atoms with van der Waals surface area (Å²) in [5, 5.41) is 0.597. The Balaban J connectivity index is 2.62. The lowest BCUT2D eigenvalue weighted by Crippen LogP contribution is -1.89. The molecule has 0 N–H and O–H groups in total. The molecule has 0 aliphatic heterocycles. The number of nitrogens with zero attached hydrogens (tertiary/aromatic N) is 1. The van der Waals surface area contributed by atoms with E-state index in [4.69, 9.17) is 16.0 Å². The molecule has 0 bridgehead atoms. The molecule has 2 aromatic rings. The SMILES string of the molecule is CC(C)c1oc(C=O)nc1-c1ccccc1Cl. The van der Waals surface area contributed by atoms with E-state index < -0.39 is 0 Å². The third-order valence-electron chi connectivity index (χ3n) is 2.42. The van der Waals surface area contributed by atoms with E-state index >= 15 is 0 Å². The molecule has 0 atom stereocenters. The van der Waals surface area contributed by atoms with Gasteiger partial charge in [0.2, 0.25) is 6.29 Å². The Labute approximate surface area is 104 Å². The fourth-order valence-electron chi connectivity index (χ4n) is 1.64. The van der Waals surface area contributed by atoms with Gasteiger partial charge in [-0.05, 0) is 6.07 Å². The number of oxazole rings is 1. The van der Waals surface area contributed by atoms with Gasteiger partial charge in [-0.1, -0.05) is 43.6 Å². The fraction of sp³-hybridized carbons (Fsp3) is 0.231. The summed E-state index contributed by atoms with van der Waals surface area (Å²) in [5.41, 5.74) is 1.43. The van der Waals surface area contributed by atoms with Crippen molar-refractivity contribution in [3.8, 4) is 11.3 Å². The number of hydrogen-bond acceptors (Lipinski definition) is 3. The van der Waals surface area contributed by atoms with Crippen molar-refractivity contribution in [2.75, 3.05) is 0 Å². The molecule has 0 radical (unpaired) electrons. The molecular weight excluding hydrogens is 238 g/mol. The highest BCUT2D eigenvalue weighted by molar-refractivity contribution is 6.33. The highest BCUT2D eigenvalue weighted by Gasteiger charge is 2.18. The average Bonchev–Trinajstić information content (AvgIpc) is 2.73. The standard InChI is InChI=1S/C13H12ClNO2/c1-8(2)13-12(15-11(7-16)17-13)9-5-3-4-6-10(9)14/h3-8H,1-2H3. The molecule has 4 heteroatoms. The van der Waals surface area contributed by atoms with E-state index in [2.05, 4.69) is 4.98 Å². The number of carbonyl (C=O) groups is 1. The molecule has 0 fully saturated rings. The molecule has 1 aromatic carbocycles. The number of hydrogen-bond donors (Lipinski definition) is 0. The first-order valence-electron chi connectivity index (χ1n) is 5.34. The van der Waals surface area contributed by atoms with Crippen molar-refractivity contribution in [2.45, 2.75) is 19.8 Å². The molecule has 0 amide bonds. The number of halogens is 1. The smallest absolute Gasteiger partial charge is 0.260 e. The molecule has 0 aliphatic rings. The zero-order chi connectivity index (χ0) is 12.4. The summed E-state index contributed by atoms with van der Waals surface area (Å²) < 4.78 is 5.40. The molecule has 1 heterocycles. The van der Waals surface area contributed by atoms with Gasteiger partial charge < -0.3 is 4.42 Å². The molecule has 0 saturated carbocycles. The lowest BCUT2D eigenvalue weighted by molar-refractivity contribution is 0.109. The highest BCUT2D eigenvalue weighted by Crippen LogP contribution is 2.33. The highest BCUT2D eigenvalue weighted by atomic mass is 35.5. The maximum absolute atomic E-state index is 10.7. The van der Waals surface area contributed by atoms with Crippen molar-refractivity contribution >= 4 is 17.9 Å². The van der Waals surface area contributed by atoms with Crippen LogP contribution in [0.25, 0.3) is 11.3 Å². The van der Waals surface area contributed by atoms with E-state index in [9.17, 15) is 4.79 Å². The molecule has 0 aliphatic carbocycles. The Morgan fingerprint density at radius 3 is 2.65 bits per heavy atom. The van der Waals surface area contributed by atoms with Crippen LogP contribution in [0.15, 0.2) is 28.7 Å². The van der Waals surface area contributed by atoms with E-state index in [0.717, 1.165) is 5.56 Å². The van der Waals surface area contributed by atoms with Gasteiger partial charge in [0.15, 0.2) is 0 Å². The summed E-state index contributed by atoms with van der Waals surface area (Å²) in [7, 11) is 0. The normalized spacial score (nSPS) is 10.8. The van der Waals surface area contributed by atoms with Gasteiger partial charge in [0.05, 0.1) is 5.02 Å². The molecule has 17 heavy (non-hydrogen) atoms. The number of aldehydes is 1.